The zero-order valence-corrected chi connectivity index (χ0v) is 13.6. The van der Waals surface area contributed by atoms with Gasteiger partial charge in [-0.2, -0.15) is 0 Å². The highest BCUT2D eigenvalue weighted by Gasteiger charge is 2.15. The molecule has 1 N–H and O–H groups in total. The maximum Gasteiger partial charge on any atom is 0.119 e. The van der Waals surface area contributed by atoms with Crippen LogP contribution in [0.2, 0.25) is 0 Å². The lowest BCUT2D eigenvalue weighted by atomic mass is 9.89. The standard InChI is InChI=1S/C18H31NO/c1-5-8-9-15(6-2)14-18(19-4)16-10-12-17(13-11-16)20-7-3/h10-13,15,18-19H,5-9,14H2,1-4H3. The molecule has 2 atom stereocenters. The third-order valence-electron chi connectivity index (χ3n) is 4.05. The van der Waals surface area contributed by atoms with Gasteiger partial charge in [-0.25, -0.2) is 0 Å². The highest BCUT2D eigenvalue weighted by molar-refractivity contribution is 5.29. The fourth-order valence-corrected chi connectivity index (χ4v) is 2.70. The quantitative estimate of drug-likeness (QED) is 0.653. The monoisotopic (exact) mass is 277 g/mol. The Kier molecular flexibility index (Phi) is 8.36. The Morgan fingerprint density at radius 3 is 2.30 bits per heavy atom. The van der Waals surface area contributed by atoms with Crippen molar-refractivity contribution in [3.8, 4) is 5.75 Å². The maximum atomic E-state index is 5.51. The van der Waals surface area contributed by atoms with E-state index >= 15 is 0 Å². The maximum absolute atomic E-state index is 5.51. The van der Waals surface area contributed by atoms with Crippen molar-refractivity contribution in [2.45, 2.75) is 58.9 Å². The Hall–Kier alpha value is -1.02. The minimum absolute atomic E-state index is 0.451. The van der Waals surface area contributed by atoms with E-state index in [1.54, 1.807) is 0 Å². The van der Waals surface area contributed by atoms with Crippen LogP contribution in [-0.4, -0.2) is 13.7 Å². The van der Waals surface area contributed by atoms with Crippen LogP contribution >= 0.6 is 0 Å². The van der Waals surface area contributed by atoms with Crippen LogP contribution in [0.5, 0.6) is 5.75 Å². The minimum Gasteiger partial charge on any atom is -0.494 e. The Bertz CT molecular complexity index is 347. The van der Waals surface area contributed by atoms with Gasteiger partial charge in [-0.3, -0.25) is 0 Å². The zero-order valence-electron chi connectivity index (χ0n) is 13.6. The summed E-state index contributed by atoms with van der Waals surface area (Å²) in [7, 11) is 2.06. The van der Waals surface area contributed by atoms with Crippen molar-refractivity contribution in [1.82, 2.24) is 5.32 Å². The molecule has 0 aliphatic carbocycles. The molecule has 2 nitrogen and oxygen atoms in total. The fourth-order valence-electron chi connectivity index (χ4n) is 2.70. The van der Waals surface area contributed by atoms with Gasteiger partial charge in [0, 0.05) is 6.04 Å². The summed E-state index contributed by atoms with van der Waals surface area (Å²) in [4.78, 5) is 0. The van der Waals surface area contributed by atoms with Gasteiger partial charge in [-0.1, -0.05) is 51.7 Å². The van der Waals surface area contributed by atoms with E-state index < -0.39 is 0 Å². The van der Waals surface area contributed by atoms with E-state index in [0.29, 0.717) is 6.04 Å². The molecule has 0 amide bonds. The Labute approximate surface area is 124 Å². The van der Waals surface area contributed by atoms with Gasteiger partial charge in [0.1, 0.15) is 5.75 Å². The number of benzene rings is 1. The Morgan fingerprint density at radius 1 is 1.10 bits per heavy atom. The van der Waals surface area contributed by atoms with Crippen molar-refractivity contribution in [2.24, 2.45) is 5.92 Å². The number of ether oxygens (including phenoxy) is 1. The van der Waals surface area contributed by atoms with E-state index in [9.17, 15) is 0 Å². The lowest BCUT2D eigenvalue weighted by molar-refractivity contribution is 0.339. The molecular weight excluding hydrogens is 246 g/mol. The molecule has 0 bridgehead atoms. The van der Waals surface area contributed by atoms with Crippen molar-refractivity contribution in [3.05, 3.63) is 29.8 Å². The second kappa shape index (κ2) is 9.82. The summed E-state index contributed by atoms with van der Waals surface area (Å²) in [5.41, 5.74) is 1.37. The topological polar surface area (TPSA) is 21.3 Å². The molecule has 0 aromatic heterocycles. The molecule has 0 fully saturated rings. The number of hydrogen-bond donors (Lipinski definition) is 1. The number of nitrogens with one attached hydrogen (secondary N) is 1. The molecule has 0 saturated carbocycles. The van der Waals surface area contributed by atoms with Crippen LogP contribution in [0, 0.1) is 5.92 Å². The highest BCUT2D eigenvalue weighted by Crippen LogP contribution is 2.27. The summed E-state index contributed by atoms with van der Waals surface area (Å²) in [5.74, 6) is 1.78. The number of hydrogen-bond acceptors (Lipinski definition) is 2. The summed E-state index contributed by atoms with van der Waals surface area (Å²) in [6.45, 7) is 7.33. The van der Waals surface area contributed by atoms with Crippen LogP contribution in [0.25, 0.3) is 0 Å². The van der Waals surface area contributed by atoms with Crippen molar-refractivity contribution in [3.63, 3.8) is 0 Å². The summed E-state index contributed by atoms with van der Waals surface area (Å²) in [5, 5.41) is 3.47. The Morgan fingerprint density at radius 2 is 1.80 bits per heavy atom. The molecular formula is C18H31NO. The molecule has 1 aromatic rings. The number of rotatable bonds is 10. The molecule has 0 radical (unpaired) electrons. The van der Waals surface area contributed by atoms with E-state index in [2.05, 4.69) is 50.5 Å². The molecule has 0 saturated heterocycles. The molecule has 114 valence electrons. The molecule has 20 heavy (non-hydrogen) atoms. The normalized spacial score (nSPS) is 14.0. The van der Waals surface area contributed by atoms with Crippen LogP contribution in [0.3, 0.4) is 0 Å². The van der Waals surface area contributed by atoms with E-state index in [4.69, 9.17) is 4.74 Å². The van der Waals surface area contributed by atoms with Crippen molar-refractivity contribution in [2.75, 3.05) is 13.7 Å². The molecule has 1 rings (SSSR count). The molecule has 2 heteroatoms. The first-order valence-electron chi connectivity index (χ1n) is 8.15. The van der Waals surface area contributed by atoms with E-state index in [-0.39, 0.29) is 0 Å². The lowest BCUT2D eigenvalue weighted by Gasteiger charge is -2.23. The van der Waals surface area contributed by atoms with Crippen LogP contribution in [0.4, 0.5) is 0 Å². The van der Waals surface area contributed by atoms with Gasteiger partial charge < -0.3 is 10.1 Å². The highest BCUT2D eigenvalue weighted by atomic mass is 16.5. The van der Waals surface area contributed by atoms with Crippen LogP contribution < -0.4 is 10.1 Å². The van der Waals surface area contributed by atoms with Crippen molar-refractivity contribution < 1.29 is 4.74 Å². The number of unbranched alkanes of at least 4 members (excludes halogenated alkanes) is 1. The third-order valence-corrected chi connectivity index (χ3v) is 4.05. The van der Waals surface area contributed by atoms with Gasteiger partial charge >= 0.3 is 0 Å². The zero-order chi connectivity index (χ0) is 14.8. The first-order valence-corrected chi connectivity index (χ1v) is 8.15. The molecule has 1 aromatic carbocycles. The van der Waals surface area contributed by atoms with Crippen LogP contribution in [-0.2, 0) is 0 Å². The minimum atomic E-state index is 0.451. The van der Waals surface area contributed by atoms with Gasteiger partial charge in [-0.05, 0) is 44.0 Å². The summed E-state index contributed by atoms with van der Waals surface area (Å²) >= 11 is 0. The lowest BCUT2D eigenvalue weighted by Crippen LogP contribution is -2.20. The van der Waals surface area contributed by atoms with Gasteiger partial charge in [0.25, 0.3) is 0 Å². The average Bonchev–Trinajstić information content (AvgIpc) is 2.49. The first kappa shape index (κ1) is 17.0. The third kappa shape index (κ3) is 5.54. The molecule has 2 unspecified atom stereocenters. The summed E-state index contributed by atoms with van der Waals surface area (Å²) < 4.78 is 5.51. The molecule has 0 aliphatic heterocycles. The summed E-state index contributed by atoms with van der Waals surface area (Å²) in [6, 6.07) is 9.00. The largest absolute Gasteiger partial charge is 0.494 e. The molecule has 0 heterocycles. The summed E-state index contributed by atoms with van der Waals surface area (Å²) in [6.07, 6.45) is 6.49. The van der Waals surface area contributed by atoms with E-state index in [1.807, 2.05) is 6.92 Å². The first-order chi connectivity index (χ1) is 9.74. The average molecular weight is 277 g/mol. The predicted molar refractivity (Wildman–Crippen MR) is 87.3 cm³/mol. The predicted octanol–water partition coefficient (Wildman–Crippen LogP) is 4.95. The smallest absolute Gasteiger partial charge is 0.119 e. The Balaban J connectivity index is 2.64. The van der Waals surface area contributed by atoms with Crippen molar-refractivity contribution >= 4 is 0 Å². The van der Waals surface area contributed by atoms with Crippen molar-refractivity contribution in [1.29, 1.82) is 0 Å². The van der Waals surface area contributed by atoms with Gasteiger partial charge in [0.15, 0.2) is 0 Å². The van der Waals surface area contributed by atoms with Gasteiger partial charge in [0.05, 0.1) is 6.61 Å². The second-order valence-electron chi connectivity index (χ2n) is 5.50. The van der Waals surface area contributed by atoms with Gasteiger partial charge in [0.2, 0.25) is 0 Å². The second-order valence-corrected chi connectivity index (χ2v) is 5.50. The molecule has 0 spiro atoms. The fraction of sp³-hybridized carbons (Fsp3) is 0.667. The van der Waals surface area contributed by atoms with Gasteiger partial charge in [-0.15, -0.1) is 0 Å². The van der Waals surface area contributed by atoms with E-state index in [1.165, 1.54) is 37.7 Å². The van der Waals surface area contributed by atoms with E-state index in [0.717, 1.165) is 18.3 Å². The molecule has 0 aliphatic rings. The van der Waals surface area contributed by atoms with Crippen LogP contribution in [0.15, 0.2) is 24.3 Å². The van der Waals surface area contributed by atoms with Crippen LogP contribution in [0.1, 0.15) is 64.5 Å². The SMILES string of the molecule is CCCCC(CC)CC(NC)c1ccc(OCC)cc1.